The Morgan fingerprint density at radius 2 is 1.74 bits per heavy atom. The number of rotatable bonds is 9. The Morgan fingerprint density at radius 1 is 1.03 bits per heavy atom. The molecule has 0 bridgehead atoms. The first-order valence-electron chi connectivity index (χ1n) is 11.9. The van der Waals surface area contributed by atoms with Gasteiger partial charge in [0.1, 0.15) is 5.76 Å². The topological polar surface area (TPSA) is 61.6 Å². The SMILES string of the molecule is Cc1ccc(SCc2nc(-c3ccc(C(=O)NCCCN4CCN(C)CC4)cc3)oc2C)cc1. The highest BCUT2D eigenvalue weighted by atomic mass is 32.2. The Labute approximate surface area is 206 Å². The number of aromatic nitrogens is 1. The molecule has 0 radical (unpaired) electrons. The van der Waals surface area contributed by atoms with Crippen molar-refractivity contribution in [1.29, 1.82) is 0 Å². The van der Waals surface area contributed by atoms with E-state index in [0.717, 1.165) is 61.9 Å². The predicted molar refractivity (Wildman–Crippen MR) is 138 cm³/mol. The van der Waals surface area contributed by atoms with Crippen LogP contribution in [-0.4, -0.2) is 67.0 Å². The Kier molecular flexibility index (Phi) is 8.43. The minimum Gasteiger partial charge on any atom is -0.441 e. The Hall–Kier alpha value is -2.61. The fourth-order valence-electron chi connectivity index (χ4n) is 3.91. The number of benzene rings is 2. The molecular formula is C27H34N4O2S. The van der Waals surface area contributed by atoms with Crippen molar-refractivity contribution >= 4 is 17.7 Å². The molecule has 1 saturated heterocycles. The predicted octanol–water partition coefficient (Wildman–Crippen LogP) is 4.62. The Balaban J connectivity index is 1.26. The number of hydrogen-bond donors (Lipinski definition) is 1. The van der Waals surface area contributed by atoms with E-state index in [9.17, 15) is 4.79 Å². The molecule has 0 unspecified atom stereocenters. The molecule has 0 atom stereocenters. The smallest absolute Gasteiger partial charge is 0.251 e. The molecular weight excluding hydrogens is 444 g/mol. The maximum absolute atomic E-state index is 12.5. The van der Waals surface area contributed by atoms with Crippen molar-refractivity contribution in [3.05, 3.63) is 71.1 Å². The van der Waals surface area contributed by atoms with Crippen LogP contribution in [0.2, 0.25) is 0 Å². The highest BCUT2D eigenvalue weighted by Crippen LogP contribution is 2.28. The van der Waals surface area contributed by atoms with Gasteiger partial charge in [0.15, 0.2) is 0 Å². The fourth-order valence-corrected chi connectivity index (χ4v) is 4.81. The third-order valence-corrected chi connectivity index (χ3v) is 7.24. The zero-order chi connectivity index (χ0) is 23.9. The Bertz CT molecular complexity index is 1070. The zero-order valence-corrected chi connectivity index (χ0v) is 21.2. The standard InChI is InChI=1S/C27H34N4O2S/c1-20-5-11-24(12-6-20)34-19-25-21(2)33-27(29-25)23-9-7-22(8-10-23)26(32)28-13-4-14-31-17-15-30(3)16-18-31/h5-12H,4,13-19H2,1-3H3,(H,28,32). The van der Waals surface area contributed by atoms with E-state index >= 15 is 0 Å². The van der Waals surface area contributed by atoms with Crippen molar-refractivity contribution in [2.24, 2.45) is 0 Å². The first-order valence-corrected chi connectivity index (χ1v) is 12.9. The number of oxazole rings is 1. The summed E-state index contributed by atoms with van der Waals surface area (Å²) < 4.78 is 5.92. The molecule has 1 aliphatic heterocycles. The summed E-state index contributed by atoms with van der Waals surface area (Å²) >= 11 is 1.75. The number of nitrogens with zero attached hydrogens (tertiary/aromatic N) is 3. The molecule has 0 saturated carbocycles. The monoisotopic (exact) mass is 478 g/mol. The van der Waals surface area contributed by atoms with E-state index in [1.165, 1.54) is 10.5 Å². The van der Waals surface area contributed by atoms with Crippen LogP contribution in [0, 0.1) is 13.8 Å². The lowest BCUT2D eigenvalue weighted by atomic mass is 10.1. The van der Waals surface area contributed by atoms with Crippen molar-refractivity contribution < 1.29 is 9.21 Å². The Morgan fingerprint density at radius 3 is 2.44 bits per heavy atom. The number of amides is 1. The molecule has 7 heteroatoms. The van der Waals surface area contributed by atoms with Crippen LogP contribution in [0.5, 0.6) is 0 Å². The number of thioether (sulfide) groups is 1. The maximum Gasteiger partial charge on any atom is 0.251 e. The fraction of sp³-hybridized carbons (Fsp3) is 0.407. The van der Waals surface area contributed by atoms with Crippen LogP contribution < -0.4 is 5.32 Å². The van der Waals surface area contributed by atoms with Crippen molar-refractivity contribution in [2.75, 3.05) is 46.3 Å². The van der Waals surface area contributed by atoms with Crippen LogP contribution in [0.25, 0.3) is 11.5 Å². The molecule has 180 valence electrons. The van der Waals surface area contributed by atoms with Gasteiger partial charge in [-0.05, 0) is 70.3 Å². The first kappa shape index (κ1) is 24.5. The van der Waals surface area contributed by atoms with Gasteiger partial charge in [0, 0.05) is 54.5 Å². The van der Waals surface area contributed by atoms with Gasteiger partial charge in [0.2, 0.25) is 5.89 Å². The van der Waals surface area contributed by atoms with Gasteiger partial charge in [-0.1, -0.05) is 17.7 Å². The molecule has 6 nitrogen and oxygen atoms in total. The van der Waals surface area contributed by atoms with E-state index in [-0.39, 0.29) is 5.91 Å². The summed E-state index contributed by atoms with van der Waals surface area (Å²) in [7, 11) is 2.16. The van der Waals surface area contributed by atoms with Crippen molar-refractivity contribution in [3.63, 3.8) is 0 Å². The zero-order valence-electron chi connectivity index (χ0n) is 20.3. The normalized spacial score (nSPS) is 14.9. The number of carbonyl (C=O) groups excluding carboxylic acids is 1. The maximum atomic E-state index is 12.5. The molecule has 1 fully saturated rings. The molecule has 2 aromatic carbocycles. The van der Waals surface area contributed by atoms with Gasteiger partial charge in [-0.3, -0.25) is 4.79 Å². The highest BCUT2D eigenvalue weighted by molar-refractivity contribution is 7.98. The van der Waals surface area contributed by atoms with Crippen molar-refractivity contribution in [1.82, 2.24) is 20.1 Å². The van der Waals surface area contributed by atoms with Crippen molar-refractivity contribution in [2.45, 2.75) is 30.9 Å². The molecule has 3 aromatic rings. The number of aryl methyl sites for hydroxylation is 2. The van der Waals surface area contributed by atoms with Crippen LogP contribution in [0.4, 0.5) is 0 Å². The summed E-state index contributed by atoms with van der Waals surface area (Å²) in [6.07, 6.45) is 0.965. The summed E-state index contributed by atoms with van der Waals surface area (Å²) in [5, 5.41) is 3.04. The summed E-state index contributed by atoms with van der Waals surface area (Å²) in [4.78, 5) is 23.2. The second-order valence-corrected chi connectivity index (χ2v) is 10.0. The van der Waals surface area contributed by atoms with Gasteiger partial charge < -0.3 is 19.5 Å². The van der Waals surface area contributed by atoms with Gasteiger partial charge >= 0.3 is 0 Å². The van der Waals surface area contributed by atoms with E-state index in [4.69, 9.17) is 9.40 Å². The van der Waals surface area contributed by atoms with Crippen molar-refractivity contribution in [3.8, 4) is 11.5 Å². The molecule has 0 spiro atoms. The molecule has 1 aromatic heterocycles. The van der Waals surface area contributed by atoms with E-state index in [0.29, 0.717) is 18.0 Å². The minimum atomic E-state index is -0.0382. The number of piperazine rings is 1. The molecule has 2 heterocycles. The lowest BCUT2D eigenvalue weighted by molar-refractivity contribution is 0.0949. The highest BCUT2D eigenvalue weighted by Gasteiger charge is 2.14. The second kappa shape index (κ2) is 11.7. The molecule has 0 aliphatic carbocycles. The van der Waals surface area contributed by atoms with E-state index in [1.54, 1.807) is 11.8 Å². The molecule has 4 rings (SSSR count). The van der Waals surface area contributed by atoms with Crippen LogP contribution in [0.15, 0.2) is 57.8 Å². The summed E-state index contributed by atoms with van der Waals surface area (Å²) in [5.41, 5.74) is 3.73. The van der Waals surface area contributed by atoms with Gasteiger partial charge in [-0.25, -0.2) is 4.98 Å². The quantitative estimate of drug-likeness (QED) is 0.358. The molecule has 1 N–H and O–H groups in total. The van der Waals surface area contributed by atoms with E-state index < -0.39 is 0 Å². The minimum absolute atomic E-state index is 0.0382. The molecule has 34 heavy (non-hydrogen) atoms. The van der Waals surface area contributed by atoms with Gasteiger partial charge in [-0.15, -0.1) is 11.8 Å². The molecule has 1 aliphatic rings. The second-order valence-electron chi connectivity index (χ2n) is 8.96. The van der Waals surface area contributed by atoms with E-state index in [1.807, 2.05) is 31.2 Å². The number of likely N-dealkylation sites (N-methyl/N-ethyl adjacent to an activating group) is 1. The van der Waals surface area contributed by atoms with E-state index in [2.05, 4.69) is 53.4 Å². The van der Waals surface area contributed by atoms with Crippen LogP contribution in [-0.2, 0) is 5.75 Å². The summed E-state index contributed by atoms with van der Waals surface area (Å²) in [5.74, 6) is 2.14. The van der Waals surface area contributed by atoms with Crippen LogP contribution >= 0.6 is 11.8 Å². The largest absolute Gasteiger partial charge is 0.441 e. The average molecular weight is 479 g/mol. The number of nitrogens with one attached hydrogen (secondary N) is 1. The summed E-state index contributed by atoms with van der Waals surface area (Å²) in [6.45, 7) is 10.2. The molecule has 1 amide bonds. The third-order valence-electron chi connectivity index (χ3n) is 6.22. The van der Waals surface area contributed by atoms with Crippen LogP contribution in [0.1, 0.15) is 33.8 Å². The number of carbonyl (C=O) groups is 1. The third kappa shape index (κ3) is 6.72. The van der Waals surface area contributed by atoms with Gasteiger partial charge in [-0.2, -0.15) is 0 Å². The first-order chi connectivity index (χ1) is 16.5. The average Bonchev–Trinajstić information content (AvgIpc) is 3.23. The lowest BCUT2D eigenvalue weighted by Gasteiger charge is -2.32. The van der Waals surface area contributed by atoms with Gasteiger partial charge in [0.25, 0.3) is 5.91 Å². The van der Waals surface area contributed by atoms with Gasteiger partial charge in [0.05, 0.1) is 5.69 Å². The summed E-state index contributed by atoms with van der Waals surface area (Å²) in [6, 6.07) is 16.0. The number of hydrogen-bond acceptors (Lipinski definition) is 6. The van der Waals surface area contributed by atoms with Crippen LogP contribution in [0.3, 0.4) is 0 Å². The lowest BCUT2D eigenvalue weighted by Crippen LogP contribution is -2.45.